The molecule has 0 aliphatic carbocycles. The maximum atomic E-state index is 12.0. The number of nitrogens with zero attached hydrogens (tertiary/aromatic N) is 1. The van der Waals surface area contributed by atoms with E-state index < -0.39 is 16.8 Å². The normalized spacial score (nSPS) is 20.0. The second-order valence-corrected chi connectivity index (χ2v) is 5.93. The van der Waals surface area contributed by atoms with E-state index in [1.807, 2.05) is 13.8 Å². The van der Waals surface area contributed by atoms with Crippen LogP contribution in [0.3, 0.4) is 0 Å². The summed E-state index contributed by atoms with van der Waals surface area (Å²) >= 11 is 0. The van der Waals surface area contributed by atoms with Gasteiger partial charge < -0.3 is 14.8 Å². The van der Waals surface area contributed by atoms with E-state index in [0.717, 1.165) is 0 Å². The monoisotopic (exact) mass is 336 g/mol. The fourth-order valence-corrected chi connectivity index (χ4v) is 2.42. The molecule has 1 amide bonds. The summed E-state index contributed by atoms with van der Waals surface area (Å²) in [5, 5.41) is 13.3. The van der Waals surface area contributed by atoms with Crippen molar-refractivity contribution in [3.63, 3.8) is 0 Å². The highest BCUT2D eigenvalue weighted by Crippen LogP contribution is 2.25. The molecule has 0 aromatic heterocycles. The number of rotatable bonds is 7. The molecule has 130 valence electrons. The second-order valence-electron chi connectivity index (χ2n) is 5.93. The zero-order chi connectivity index (χ0) is 17.7. The zero-order valence-electron chi connectivity index (χ0n) is 13.6. The minimum atomic E-state index is -0.538. The molecule has 2 unspecified atom stereocenters. The minimum absolute atomic E-state index is 0.0281. The Morgan fingerprint density at radius 2 is 2.25 bits per heavy atom. The number of carbonyl (C=O) groups is 2. The quantitative estimate of drug-likeness (QED) is 0.465. The van der Waals surface area contributed by atoms with Crippen molar-refractivity contribution in [3.8, 4) is 0 Å². The second kappa shape index (κ2) is 7.87. The van der Waals surface area contributed by atoms with Crippen LogP contribution in [0.4, 0.5) is 11.4 Å². The van der Waals surface area contributed by atoms with E-state index in [1.165, 1.54) is 18.2 Å². The standard InChI is InChI=1S/C16H20N2O6/c1-10(2)23-9-14-6-11(16(20)24-14)7-15(19)17-12-4-3-5-13(8-12)18(21)22/h3-5,8,10-11,14H,6-7,9H2,1-2H3,(H,17,19). The van der Waals surface area contributed by atoms with E-state index in [-0.39, 0.29) is 30.2 Å². The third kappa shape index (κ3) is 5.02. The van der Waals surface area contributed by atoms with Gasteiger partial charge in [-0.1, -0.05) is 6.07 Å². The number of nitro groups is 1. The van der Waals surface area contributed by atoms with Crippen LogP contribution in [0.1, 0.15) is 26.7 Å². The fraction of sp³-hybridized carbons (Fsp3) is 0.500. The van der Waals surface area contributed by atoms with Gasteiger partial charge in [-0.15, -0.1) is 0 Å². The Labute approximate surface area is 139 Å². The molecule has 8 heteroatoms. The molecular formula is C16H20N2O6. The molecule has 1 fully saturated rings. The maximum Gasteiger partial charge on any atom is 0.309 e. The molecule has 1 heterocycles. The summed E-state index contributed by atoms with van der Waals surface area (Å²) in [6, 6.07) is 5.64. The summed E-state index contributed by atoms with van der Waals surface area (Å²) in [7, 11) is 0. The highest BCUT2D eigenvalue weighted by Gasteiger charge is 2.36. The van der Waals surface area contributed by atoms with Crippen molar-refractivity contribution in [2.75, 3.05) is 11.9 Å². The largest absolute Gasteiger partial charge is 0.460 e. The third-order valence-electron chi connectivity index (χ3n) is 3.55. The Balaban J connectivity index is 1.87. The van der Waals surface area contributed by atoms with Gasteiger partial charge in [0.25, 0.3) is 5.69 Å². The molecule has 1 aliphatic rings. The minimum Gasteiger partial charge on any atom is -0.460 e. The van der Waals surface area contributed by atoms with Gasteiger partial charge in [-0.3, -0.25) is 19.7 Å². The van der Waals surface area contributed by atoms with Crippen LogP contribution in [-0.4, -0.2) is 35.6 Å². The van der Waals surface area contributed by atoms with Crippen LogP contribution in [0.2, 0.25) is 0 Å². The molecule has 1 saturated heterocycles. The molecule has 2 rings (SSSR count). The number of benzene rings is 1. The Hall–Kier alpha value is -2.48. The fourth-order valence-electron chi connectivity index (χ4n) is 2.42. The highest BCUT2D eigenvalue weighted by molar-refractivity contribution is 5.93. The lowest BCUT2D eigenvalue weighted by atomic mass is 10.0. The molecule has 0 spiro atoms. The van der Waals surface area contributed by atoms with Gasteiger partial charge >= 0.3 is 5.97 Å². The average molecular weight is 336 g/mol. The Bertz CT molecular complexity index is 631. The zero-order valence-corrected chi connectivity index (χ0v) is 13.6. The Morgan fingerprint density at radius 1 is 1.50 bits per heavy atom. The van der Waals surface area contributed by atoms with Crippen molar-refractivity contribution in [3.05, 3.63) is 34.4 Å². The summed E-state index contributed by atoms with van der Waals surface area (Å²) in [6.07, 6.45) is 0.101. The van der Waals surface area contributed by atoms with Crippen LogP contribution in [0.5, 0.6) is 0 Å². The number of ether oxygens (including phenoxy) is 2. The van der Waals surface area contributed by atoms with Crippen molar-refractivity contribution in [2.24, 2.45) is 5.92 Å². The first kappa shape index (κ1) is 17.9. The van der Waals surface area contributed by atoms with Crippen molar-refractivity contribution >= 4 is 23.3 Å². The molecule has 1 aromatic carbocycles. The summed E-state index contributed by atoms with van der Waals surface area (Å²) in [6.45, 7) is 4.09. The van der Waals surface area contributed by atoms with Crippen molar-refractivity contribution < 1.29 is 24.0 Å². The lowest BCUT2D eigenvalue weighted by molar-refractivity contribution is -0.384. The SMILES string of the molecule is CC(C)OCC1CC(CC(=O)Nc2cccc([N+](=O)[O-])c2)C(=O)O1. The molecule has 8 nitrogen and oxygen atoms in total. The van der Waals surface area contributed by atoms with Crippen molar-refractivity contribution in [1.29, 1.82) is 0 Å². The van der Waals surface area contributed by atoms with Gasteiger partial charge in [0, 0.05) is 30.7 Å². The van der Waals surface area contributed by atoms with Crippen LogP contribution in [0.25, 0.3) is 0 Å². The molecule has 2 atom stereocenters. The van der Waals surface area contributed by atoms with E-state index in [1.54, 1.807) is 6.07 Å². The number of hydrogen-bond donors (Lipinski definition) is 1. The third-order valence-corrected chi connectivity index (χ3v) is 3.55. The lowest BCUT2D eigenvalue weighted by Crippen LogP contribution is -2.19. The number of non-ortho nitro benzene ring substituents is 1. The van der Waals surface area contributed by atoms with E-state index in [0.29, 0.717) is 18.7 Å². The number of esters is 1. The smallest absolute Gasteiger partial charge is 0.309 e. The van der Waals surface area contributed by atoms with E-state index in [9.17, 15) is 19.7 Å². The van der Waals surface area contributed by atoms with Crippen molar-refractivity contribution in [1.82, 2.24) is 0 Å². The number of amides is 1. The van der Waals surface area contributed by atoms with Gasteiger partial charge in [0.2, 0.25) is 5.91 Å². The van der Waals surface area contributed by atoms with Crippen LogP contribution >= 0.6 is 0 Å². The van der Waals surface area contributed by atoms with Gasteiger partial charge in [0.1, 0.15) is 6.10 Å². The summed E-state index contributed by atoms with van der Waals surface area (Å²) in [5.74, 6) is -1.33. The molecule has 0 bridgehead atoms. The molecule has 1 N–H and O–H groups in total. The molecule has 0 radical (unpaired) electrons. The van der Waals surface area contributed by atoms with E-state index >= 15 is 0 Å². The van der Waals surface area contributed by atoms with Crippen LogP contribution in [0.15, 0.2) is 24.3 Å². The van der Waals surface area contributed by atoms with Gasteiger partial charge in [-0.25, -0.2) is 0 Å². The molecule has 24 heavy (non-hydrogen) atoms. The first-order valence-electron chi connectivity index (χ1n) is 7.71. The predicted octanol–water partition coefficient (Wildman–Crippen LogP) is 2.28. The first-order valence-corrected chi connectivity index (χ1v) is 7.71. The first-order chi connectivity index (χ1) is 11.3. The van der Waals surface area contributed by atoms with Crippen molar-refractivity contribution in [2.45, 2.75) is 38.9 Å². The molecule has 0 saturated carbocycles. The lowest BCUT2D eigenvalue weighted by Gasteiger charge is -2.12. The van der Waals surface area contributed by atoms with Gasteiger partial charge in [0.15, 0.2) is 0 Å². The molecule has 1 aliphatic heterocycles. The van der Waals surface area contributed by atoms with Crippen LogP contribution < -0.4 is 5.32 Å². The summed E-state index contributed by atoms with van der Waals surface area (Å²) in [5.41, 5.74) is 0.208. The molecular weight excluding hydrogens is 316 g/mol. The number of carbonyl (C=O) groups excluding carboxylic acids is 2. The Morgan fingerprint density at radius 3 is 2.92 bits per heavy atom. The topological polar surface area (TPSA) is 108 Å². The van der Waals surface area contributed by atoms with Gasteiger partial charge in [-0.05, 0) is 19.9 Å². The van der Waals surface area contributed by atoms with Crippen LogP contribution in [0, 0.1) is 16.0 Å². The number of nitro benzene ring substituents is 1. The number of hydrogen-bond acceptors (Lipinski definition) is 6. The van der Waals surface area contributed by atoms with E-state index in [4.69, 9.17) is 9.47 Å². The number of anilines is 1. The Kier molecular flexibility index (Phi) is 5.86. The molecule has 1 aromatic rings. The van der Waals surface area contributed by atoms with Gasteiger partial charge in [-0.2, -0.15) is 0 Å². The highest BCUT2D eigenvalue weighted by atomic mass is 16.6. The van der Waals surface area contributed by atoms with Crippen LogP contribution in [-0.2, 0) is 19.1 Å². The summed E-state index contributed by atoms with van der Waals surface area (Å²) < 4.78 is 10.6. The average Bonchev–Trinajstić information content (AvgIpc) is 2.85. The summed E-state index contributed by atoms with van der Waals surface area (Å²) in [4.78, 5) is 34.0. The van der Waals surface area contributed by atoms with Gasteiger partial charge in [0.05, 0.1) is 23.6 Å². The maximum absolute atomic E-state index is 12.0. The predicted molar refractivity (Wildman–Crippen MR) is 85.4 cm³/mol. The van der Waals surface area contributed by atoms with E-state index in [2.05, 4.69) is 5.32 Å². The number of nitrogens with one attached hydrogen (secondary N) is 1. The number of cyclic esters (lactones) is 1.